The van der Waals surface area contributed by atoms with E-state index in [0.29, 0.717) is 0 Å². The van der Waals surface area contributed by atoms with Gasteiger partial charge in [-0.1, -0.05) is 73.0 Å². The number of hydrogen-bond acceptors (Lipinski definition) is 0. The molecule has 0 aromatic rings. The Hall–Kier alpha value is -0.260. The molecule has 0 heterocycles. The predicted octanol–water partition coefficient (Wildman–Crippen LogP) is 6.47. The molecule has 18 heavy (non-hydrogen) atoms. The molecular formula is C18H36. The minimum Gasteiger partial charge on any atom is -0.0885 e. The van der Waals surface area contributed by atoms with Crippen molar-refractivity contribution in [2.45, 2.75) is 80.1 Å². The largest absolute Gasteiger partial charge is 0.0885 e. The second-order valence-electron chi connectivity index (χ2n) is 6.44. The molecule has 0 spiro atoms. The first-order chi connectivity index (χ1) is 8.51. The molecule has 0 amide bonds. The van der Waals surface area contributed by atoms with E-state index in [2.05, 4.69) is 53.7 Å². The monoisotopic (exact) mass is 252 g/mol. The van der Waals surface area contributed by atoms with Crippen LogP contribution in [0.4, 0.5) is 0 Å². The third kappa shape index (κ3) is 8.78. The summed E-state index contributed by atoms with van der Waals surface area (Å²) in [5, 5.41) is 0. The van der Waals surface area contributed by atoms with Crippen LogP contribution in [0, 0.1) is 23.7 Å². The average molecular weight is 252 g/mol. The molecule has 0 fully saturated rings. The van der Waals surface area contributed by atoms with Crippen LogP contribution in [0.15, 0.2) is 12.2 Å². The van der Waals surface area contributed by atoms with Gasteiger partial charge >= 0.3 is 0 Å². The van der Waals surface area contributed by atoms with Crippen LogP contribution in [0.5, 0.6) is 0 Å². The zero-order valence-corrected chi connectivity index (χ0v) is 13.7. The molecule has 0 N–H and O–H groups in total. The maximum absolute atomic E-state index is 2.44. The van der Waals surface area contributed by atoms with Gasteiger partial charge in [-0.3, -0.25) is 0 Å². The van der Waals surface area contributed by atoms with E-state index in [1.54, 1.807) is 0 Å². The Bertz CT molecular complexity index is 204. The lowest BCUT2D eigenvalue weighted by Crippen LogP contribution is -2.10. The fourth-order valence-electron chi connectivity index (χ4n) is 2.31. The average Bonchev–Trinajstić information content (AvgIpc) is 2.38. The van der Waals surface area contributed by atoms with Gasteiger partial charge < -0.3 is 0 Å². The third-order valence-corrected chi connectivity index (χ3v) is 4.56. The van der Waals surface area contributed by atoms with E-state index in [-0.39, 0.29) is 0 Å². The maximum atomic E-state index is 2.44. The molecule has 0 saturated carbocycles. The molecule has 0 aliphatic rings. The normalized spacial score (nSPS) is 18.8. The topological polar surface area (TPSA) is 0 Å². The van der Waals surface area contributed by atoms with E-state index in [1.165, 1.54) is 38.5 Å². The molecule has 108 valence electrons. The molecule has 0 bridgehead atoms. The van der Waals surface area contributed by atoms with Crippen LogP contribution in [-0.2, 0) is 0 Å². The molecule has 0 rings (SSSR count). The van der Waals surface area contributed by atoms with Crippen molar-refractivity contribution >= 4 is 0 Å². The van der Waals surface area contributed by atoms with Crippen LogP contribution >= 0.6 is 0 Å². The summed E-state index contributed by atoms with van der Waals surface area (Å²) in [5.41, 5.74) is 0. The smallest absolute Gasteiger partial charge is 0.0262 e. The van der Waals surface area contributed by atoms with Crippen LogP contribution in [0.3, 0.4) is 0 Å². The Morgan fingerprint density at radius 3 is 1.83 bits per heavy atom. The quantitative estimate of drug-likeness (QED) is 0.391. The highest BCUT2D eigenvalue weighted by atomic mass is 14.2. The first-order valence-electron chi connectivity index (χ1n) is 8.17. The van der Waals surface area contributed by atoms with E-state index >= 15 is 0 Å². The number of allylic oxidation sites excluding steroid dienone is 2. The van der Waals surface area contributed by atoms with E-state index < -0.39 is 0 Å². The highest BCUT2D eigenvalue weighted by Crippen LogP contribution is 2.25. The van der Waals surface area contributed by atoms with Crippen LogP contribution in [0.25, 0.3) is 0 Å². The van der Waals surface area contributed by atoms with Crippen molar-refractivity contribution in [1.29, 1.82) is 0 Å². The zero-order valence-electron chi connectivity index (χ0n) is 13.7. The zero-order chi connectivity index (χ0) is 14.0. The minimum atomic E-state index is 0.758. The first kappa shape index (κ1) is 17.7. The molecule has 4 atom stereocenters. The lowest BCUT2D eigenvalue weighted by atomic mass is 9.84. The molecule has 0 saturated heterocycles. The van der Waals surface area contributed by atoms with Crippen molar-refractivity contribution in [2.75, 3.05) is 0 Å². The number of hydrogen-bond donors (Lipinski definition) is 0. The van der Waals surface area contributed by atoms with Gasteiger partial charge in [0.2, 0.25) is 0 Å². The standard InChI is InChI=1S/C18H36/c1-7-9-10-16(4)12-14-18(6)17(5)13-11-15(3)8-2/h9-10,15-18H,7-8,11-14H2,1-6H3. The van der Waals surface area contributed by atoms with Crippen molar-refractivity contribution < 1.29 is 0 Å². The van der Waals surface area contributed by atoms with E-state index in [1.807, 2.05) is 0 Å². The van der Waals surface area contributed by atoms with Crippen molar-refractivity contribution in [3.05, 3.63) is 12.2 Å². The fourth-order valence-corrected chi connectivity index (χ4v) is 2.31. The van der Waals surface area contributed by atoms with E-state index in [4.69, 9.17) is 0 Å². The summed E-state index contributed by atoms with van der Waals surface area (Å²) in [6, 6.07) is 0. The summed E-state index contributed by atoms with van der Waals surface area (Å²) in [6.45, 7) is 14.1. The van der Waals surface area contributed by atoms with Crippen LogP contribution in [-0.4, -0.2) is 0 Å². The lowest BCUT2D eigenvalue weighted by Gasteiger charge is -2.22. The molecule has 0 aromatic carbocycles. The lowest BCUT2D eigenvalue weighted by molar-refractivity contribution is 0.302. The Morgan fingerprint density at radius 2 is 1.33 bits per heavy atom. The predicted molar refractivity (Wildman–Crippen MR) is 84.8 cm³/mol. The molecule has 4 unspecified atom stereocenters. The molecule has 0 radical (unpaired) electrons. The highest BCUT2D eigenvalue weighted by molar-refractivity contribution is 4.85. The first-order valence-corrected chi connectivity index (χ1v) is 8.17. The second kappa shape index (κ2) is 10.6. The second-order valence-corrected chi connectivity index (χ2v) is 6.44. The molecule has 0 aliphatic carbocycles. The van der Waals surface area contributed by atoms with Crippen molar-refractivity contribution in [2.24, 2.45) is 23.7 Å². The summed E-state index contributed by atoms with van der Waals surface area (Å²) < 4.78 is 0. The molecule has 0 aliphatic heterocycles. The van der Waals surface area contributed by atoms with Gasteiger partial charge in [0, 0.05) is 0 Å². The summed E-state index contributed by atoms with van der Waals surface area (Å²) in [6.07, 6.45) is 12.8. The molecular weight excluding hydrogens is 216 g/mol. The van der Waals surface area contributed by atoms with Gasteiger partial charge in [0.25, 0.3) is 0 Å². The van der Waals surface area contributed by atoms with E-state index in [9.17, 15) is 0 Å². The van der Waals surface area contributed by atoms with Crippen LogP contribution in [0.1, 0.15) is 80.1 Å². The van der Waals surface area contributed by atoms with Gasteiger partial charge in [0.05, 0.1) is 0 Å². The van der Waals surface area contributed by atoms with E-state index in [0.717, 1.165) is 23.7 Å². The van der Waals surface area contributed by atoms with Gasteiger partial charge in [-0.25, -0.2) is 0 Å². The Kier molecular flexibility index (Phi) is 10.5. The van der Waals surface area contributed by atoms with Crippen molar-refractivity contribution in [3.63, 3.8) is 0 Å². The summed E-state index contributed by atoms with van der Waals surface area (Å²) >= 11 is 0. The van der Waals surface area contributed by atoms with Gasteiger partial charge in [0.15, 0.2) is 0 Å². The Labute approximate surface area is 116 Å². The molecule has 0 aromatic heterocycles. The third-order valence-electron chi connectivity index (χ3n) is 4.56. The fraction of sp³-hybridized carbons (Fsp3) is 0.889. The molecule has 0 nitrogen and oxygen atoms in total. The summed E-state index contributed by atoms with van der Waals surface area (Å²) in [4.78, 5) is 0. The summed E-state index contributed by atoms with van der Waals surface area (Å²) in [7, 11) is 0. The van der Waals surface area contributed by atoms with Gasteiger partial charge in [-0.2, -0.15) is 0 Å². The Morgan fingerprint density at radius 1 is 0.778 bits per heavy atom. The Balaban J connectivity index is 3.79. The SMILES string of the molecule is CCC=CC(C)CCC(C)C(C)CCC(C)CC. The van der Waals surface area contributed by atoms with Gasteiger partial charge in [-0.05, 0) is 42.9 Å². The van der Waals surface area contributed by atoms with Crippen LogP contribution < -0.4 is 0 Å². The van der Waals surface area contributed by atoms with Gasteiger partial charge in [-0.15, -0.1) is 0 Å². The summed E-state index contributed by atoms with van der Waals surface area (Å²) in [5.74, 6) is 3.44. The highest BCUT2D eigenvalue weighted by Gasteiger charge is 2.13. The number of rotatable bonds is 10. The molecule has 0 heteroatoms. The van der Waals surface area contributed by atoms with Gasteiger partial charge in [0.1, 0.15) is 0 Å². The minimum absolute atomic E-state index is 0.758. The van der Waals surface area contributed by atoms with Crippen molar-refractivity contribution in [3.8, 4) is 0 Å². The van der Waals surface area contributed by atoms with Crippen molar-refractivity contribution in [1.82, 2.24) is 0 Å². The maximum Gasteiger partial charge on any atom is -0.0262 e. The van der Waals surface area contributed by atoms with Crippen LogP contribution in [0.2, 0.25) is 0 Å².